The maximum Gasteiger partial charge on any atom is 0.194 e. The van der Waals surface area contributed by atoms with E-state index in [-0.39, 0.29) is 5.69 Å². The Bertz CT molecular complexity index is 585. The minimum absolute atomic E-state index is 0.165. The molecule has 0 bridgehead atoms. The van der Waals surface area contributed by atoms with E-state index in [1.165, 1.54) is 4.68 Å². The van der Waals surface area contributed by atoms with Crippen LogP contribution in [0.25, 0.3) is 5.69 Å². The van der Waals surface area contributed by atoms with Crippen LogP contribution >= 0.6 is 0 Å². The van der Waals surface area contributed by atoms with E-state index in [4.69, 9.17) is 0 Å². The van der Waals surface area contributed by atoms with Crippen molar-refractivity contribution < 1.29 is 13.2 Å². The number of rotatable bonds is 6. The van der Waals surface area contributed by atoms with Crippen molar-refractivity contribution in [1.29, 1.82) is 0 Å². The molecule has 0 amide bonds. The van der Waals surface area contributed by atoms with Crippen molar-refractivity contribution in [3.63, 3.8) is 0 Å². The Morgan fingerprint density at radius 1 is 1.19 bits per heavy atom. The number of nitrogens with one attached hydrogen (secondary N) is 1. The fraction of sp³-hybridized carbons (Fsp3) is 0.400. The average molecular weight is 297 g/mol. The Kier molecular flexibility index (Phi) is 5.01. The van der Waals surface area contributed by atoms with Gasteiger partial charge in [-0.05, 0) is 24.9 Å². The minimum Gasteiger partial charge on any atom is -0.315 e. The van der Waals surface area contributed by atoms with Gasteiger partial charge >= 0.3 is 0 Å². The van der Waals surface area contributed by atoms with E-state index in [1.54, 1.807) is 12.4 Å². The lowest BCUT2D eigenvalue weighted by atomic mass is 10.2. The highest BCUT2D eigenvalue weighted by Crippen LogP contribution is 2.17. The fourth-order valence-corrected chi connectivity index (χ4v) is 1.99. The van der Waals surface area contributed by atoms with Crippen LogP contribution in [0.5, 0.6) is 0 Å². The van der Waals surface area contributed by atoms with Crippen LogP contribution in [0.2, 0.25) is 0 Å². The normalized spacial score (nSPS) is 11.3. The van der Waals surface area contributed by atoms with Crippen LogP contribution in [0, 0.1) is 17.5 Å². The van der Waals surface area contributed by atoms with Gasteiger partial charge in [-0.15, -0.1) is 0 Å². The standard InChI is InChI=1S/C15H18F3N3/c1-10(2)19-5-3-4-11-8-20-21(9-11)12-6-13(16)15(18)14(17)7-12/h6-10,19H,3-5H2,1-2H3. The summed E-state index contributed by atoms with van der Waals surface area (Å²) in [6.45, 7) is 5.05. The summed E-state index contributed by atoms with van der Waals surface area (Å²) in [5.41, 5.74) is 1.13. The molecule has 1 N–H and O–H groups in total. The molecule has 0 saturated carbocycles. The van der Waals surface area contributed by atoms with Gasteiger partial charge in [0.25, 0.3) is 0 Å². The number of hydrogen-bond acceptors (Lipinski definition) is 2. The van der Waals surface area contributed by atoms with E-state index >= 15 is 0 Å². The van der Waals surface area contributed by atoms with E-state index in [9.17, 15) is 13.2 Å². The number of aryl methyl sites for hydroxylation is 1. The zero-order valence-electron chi connectivity index (χ0n) is 12.0. The molecule has 0 fully saturated rings. The molecule has 0 radical (unpaired) electrons. The van der Waals surface area contributed by atoms with Crippen LogP contribution in [-0.2, 0) is 6.42 Å². The lowest BCUT2D eigenvalue weighted by Gasteiger charge is -2.06. The molecule has 21 heavy (non-hydrogen) atoms. The number of hydrogen-bond donors (Lipinski definition) is 1. The molecule has 1 aromatic carbocycles. The van der Waals surface area contributed by atoms with Crippen LogP contribution < -0.4 is 5.32 Å². The molecule has 0 atom stereocenters. The zero-order chi connectivity index (χ0) is 15.4. The van der Waals surface area contributed by atoms with Crippen molar-refractivity contribution in [3.8, 4) is 5.69 Å². The molecular formula is C15H18F3N3. The van der Waals surface area contributed by atoms with Gasteiger partial charge in [0.05, 0.1) is 11.9 Å². The number of benzene rings is 1. The maximum atomic E-state index is 13.2. The van der Waals surface area contributed by atoms with Gasteiger partial charge in [-0.1, -0.05) is 13.8 Å². The molecule has 1 aromatic heterocycles. The second-order valence-corrected chi connectivity index (χ2v) is 5.23. The summed E-state index contributed by atoms with van der Waals surface area (Å²) in [5.74, 6) is -3.91. The van der Waals surface area contributed by atoms with Crippen LogP contribution in [0.3, 0.4) is 0 Å². The van der Waals surface area contributed by atoms with E-state index in [0.29, 0.717) is 6.04 Å². The van der Waals surface area contributed by atoms with Gasteiger partial charge in [0.15, 0.2) is 17.5 Å². The molecule has 0 saturated heterocycles. The number of halogens is 3. The van der Waals surface area contributed by atoms with Crippen LogP contribution in [-0.4, -0.2) is 22.4 Å². The molecule has 0 aliphatic rings. The molecule has 0 aliphatic heterocycles. The van der Waals surface area contributed by atoms with Crippen molar-refractivity contribution in [1.82, 2.24) is 15.1 Å². The molecule has 114 valence electrons. The lowest BCUT2D eigenvalue weighted by molar-refractivity contribution is 0.446. The lowest BCUT2D eigenvalue weighted by Crippen LogP contribution is -2.23. The second-order valence-electron chi connectivity index (χ2n) is 5.23. The third kappa shape index (κ3) is 4.07. The molecule has 1 heterocycles. The summed E-state index contributed by atoms with van der Waals surface area (Å²) in [5, 5.41) is 7.36. The molecule has 3 nitrogen and oxygen atoms in total. The van der Waals surface area contributed by atoms with Gasteiger partial charge in [0, 0.05) is 24.4 Å². The molecule has 0 unspecified atom stereocenters. The van der Waals surface area contributed by atoms with Crippen LogP contribution in [0.1, 0.15) is 25.8 Å². The quantitative estimate of drug-likeness (QED) is 0.655. The summed E-state index contributed by atoms with van der Waals surface area (Å²) >= 11 is 0. The van der Waals surface area contributed by atoms with Gasteiger partial charge in [-0.25, -0.2) is 17.9 Å². The van der Waals surface area contributed by atoms with Gasteiger partial charge in [0.2, 0.25) is 0 Å². The fourth-order valence-electron chi connectivity index (χ4n) is 1.99. The summed E-state index contributed by atoms with van der Waals surface area (Å²) in [6.07, 6.45) is 5.10. The van der Waals surface area contributed by atoms with E-state index in [0.717, 1.165) is 37.1 Å². The van der Waals surface area contributed by atoms with Gasteiger partial charge in [-0.3, -0.25) is 0 Å². The number of nitrogens with zero attached hydrogens (tertiary/aromatic N) is 2. The monoisotopic (exact) mass is 297 g/mol. The van der Waals surface area contributed by atoms with E-state index in [2.05, 4.69) is 24.3 Å². The predicted molar refractivity (Wildman–Crippen MR) is 74.9 cm³/mol. The van der Waals surface area contributed by atoms with Crippen LogP contribution in [0.4, 0.5) is 13.2 Å². The molecule has 2 aromatic rings. The molecular weight excluding hydrogens is 279 g/mol. The largest absolute Gasteiger partial charge is 0.315 e. The summed E-state index contributed by atoms with van der Waals surface area (Å²) < 4.78 is 40.6. The first-order chi connectivity index (χ1) is 9.97. The SMILES string of the molecule is CC(C)NCCCc1cnn(-c2cc(F)c(F)c(F)c2)c1. The van der Waals surface area contributed by atoms with Crippen molar-refractivity contribution >= 4 is 0 Å². The third-order valence-corrected chi connectivity index (χ3v) is 3.06. The van der Waals surface area contributed by atoms with Crippen molar-refractivity contribution in [2.45, 2.75) is 32.7 Å². The van der Waals surface area contributed by atoms with Gasteiger partial charge < -0.3 is 5.32 Å². The highest BCUT2D eigenvalue weighted by atomic mass is 19.2. The van der Waals surface area contributed by atoms with Crippen molar-refractivity contribution in [3.05, 3.63) is 47.5 Å². The molecule has 2 rings (SSSR count). The summed E-state index contributed by atoms with van der Waals surface area (Å²) in [6, 6.07) is 2.29. The topological polar surface area (TPSA) is 29.9 Å². The smallest absolute Gasteiger partial charge is 0.194 e. The third-order valence-electron chi connectivity index (χ3n) is 3.06. The van der Waals surface area contributed by atoms with Crippen molar-refractivity contribution in [2.24, 2.45) is 0 Å². The first-order valence-electron chi connectivity index (χ1n) is 6.89. The highest BCUT2D eigenvalue weighted by molar-refractivity contribution is 5.33. The minimum atomic E-state index is -1.47. The average Bonchev–Trinajstić information content (AvgIpc) is 2.89. The second kappa shape index (κ2) is 6.76. The Balaban J connectivity index is 2.03. The van der Waals surface area contributed by atoms with Crippen LogP contribution in [0.15, 0.2) is 24.5 Å². The Hall–Kier alpha value is -1.82. The first-order valence-corrected chi connectivity index (χ1v) is 6.89. The summed E-state index contributed by atoms with van der Waals surface area (Å²) in [7, 11) is 0. The molecule has 6 heteroatoms. The summed E-state index contributed by atoms with van der Waals surface area (Å²) in [4.78, 5) is 0. The van der Waals surface area contributed by atoms with Gasteiger partial charge in [0.1, 0.15) is 0 Å². The Labute approximate surface area is 121 Å². The Morgan fingerprint density at radius 2 is 1.86 bits per heavy atom. The van der Waals surface area contributed by atoms with Crippen molar-refractivity contribution in [2.75, 3.05) is 6.54 Å². The number of aromatic nitrogens is 2. The Morgan fingerprint density at radius 3 is 2.48 bits per heavy atom. The first kappa shape index (κ1) is 15.6. The highest BCUT2D eigenvalue weighted by Gasteiger charge is 2.12. The molecule has 0 spiro atoms. The van der Waals surface area contributed by atoms with Gasteiger partial charge in [-0.2, -0.15) is 5.10 Å². The zero-order valence-corrected chi connectivity index (χ0v) is 12.0. The predicted octanol–water partition coefficient (Wildman–Crippen LogP) is 3.22. The van der Waals surface area contributed by atoms with E-state index in [1.807, 2.05) is 0 Å². The molecule has 0 aliphatic carbocycles. The maximum absolute atomic E-state index is 13.2. The van der Waals surface area contributed by atoms with E-state index < -0.39 is 17.5 Å².